The van der Waals surface area contributed by atoms with Crippen LogP contribution >= 0.6 is 0 Å². The first-order valence-corrected chi connectivity index (χ1v) is 6.79. The molecule has 1 fully saturated rings. The number of aryl methyl sites for hydroxylation is 1. The summed E-state index contributed by atoms with van der Waals surface area (Å²) >= 11 is 0. The van der Waals surface area contributed by atoms with Crippen LogP contribution in [0.25, 0.3) is 5.82 Å². The minimum Gasteiger partial charge on any atom is -0.484 e. The molecule has 0 aliphatic carbocycles. The lowest BCUT2D eigenvalue weighted by atomic mass is 10.2. The zero-order valence-corrected chi connectivity index (χ0v) is 11.9. The smallest absolute Gasteiger partial charge is 0.183 e. The first kappa shape index (κ1) is 14.0. The highest BCUT2D eigenvalue weighted by Crippen LogP contribution is 2.23. The fourth-order valence-electron chi connectivity index (χ4n) is 2.27. The Morgan fingerprint density at radius 3 is 2.81 bits per heavy atom. The maximum Gasteiger partial charge on any atom is 0.183 e. The van der Waals surface area contributed by atoms with Crippen molar-refractivity contribution in [3.05, 3.63) is 35.0 Å². The van der Waals surface area contributed by atoms with Gasteiger partial charge in [-0.3, -0.25) is 0 Å². The van der Waals surface area contributed by atoms with E-state index in [1.54, 1.807) is 4.68 Å². The van der Waals surface area contributed by atoms with Crippen molar-refractivity contribution in [1.82, 2.24) is 20.1 Å². The summed E-state index contributed by atoms with van der Waals surface area (Å²) in [5.41, 5.74) is 2.27. The Labute approximate surface area is 121 Å². The molecule has 0 bridgehead atoms. The summed E-state index contributed by atoms with van der Waals surface area (Å²) in [6.07, 6.45) is 1.12. The van der Waals surface area contributed by atoms with Crippen molar-refractivity contribution in [3.8, 4) is 11.6 Å². The van der Waals surface area contributed by atoms with Crippen LogP contribution in [0.15, 0.2) is 12.3 Å². The number of rotatable bonds is 4. The van der Waals surface area contributed by atoms with Crippen LogP contribution in [0.4, 0.5) is 4.39 Å². The predicted molar refractivity (Wildman–Crippen MR) is 74.0 cm³/mol. The van der Waals surface area contributed by atoms with Gasteiger partial charge in [0.25, 0.3) is 0 Å². The quantitative estimate of drug-likeness (QED) is 0.875. The summed E-state index contributed by atoms with van der Waals surface area (Å²) in [6, 6.07) is 1.54. The fourth-order valence-corrected chi connectivity index (χ4v) is 2.27. The molecule has 0 atom stereocenters. The van der Waals surface area contributed by atoms with Gasteiger partial charge in [-0.05, 0) is 13.8 Å². The van der Waals surface area contributed by atoms with E-state index >= 15 is 0 Å². The van der Waals surface area contributed by atoms with E-state index in [0.29, 0.717) is 18.9 Å². The topological polar surface area (TPSA) is 72.2 Å². The Hall–Kier alpha value is -1.99. The third-order valence-electron chi connectivity index (χ3n) is 3.66. The van der Waals surface area contributed by atoms with Crippen LogP contribution < -0.4 is 10.1 Å². The minimum absolute atomic E-state index is 0.0109. The number of hydrogen-bond donors (Lipinski definition) is 2. The molecule has 0 saturated carbocycles. The normalized spacial score (nSPS) is 15.0. The standard InChI is InChI=1S/C14H17FN4O2/c1-8-11(7-20)9(2)19(18-8)14-3-13(12(15)6-17-14)21-10-4-16-5-10/h3,6,10,16,20H,4-5,7H2,1-2H3. The van der Waals surface area contributed by atoms with Crippen molar-refractivity contribution < 1.29 is 14.2 Å². The molecule has 2 aromatic heterocycles. The first-order valence-electron chi connectivity index (χ1n) is 6.79. The Morgan fingerprint density at radius 1 is 1.48 bits per heavy atom. The van der Waals surface area contributed by atoms with Crippen LogP contribution in [0.5, 0.6) is 5.75 Å². The van der Waals surface area contributed by atoms with E-state index in [-0.39, 0.29) is 18.5 Å². The van der Waals surface area contributed by atoms with E-state index in [1.807, 2.05) is 13.8 Å². The maximum atomic E-state index is 13.8. The molecule has 7 heteroatoms. The number of hydrogen-bond acceptors (Lipinski definition) is 5. The Kier molecular flexibility index (Phi) is 3.60. The lowest BCUT2D eigenvalue weighted by molar-refractivity contribution is 0.136. The van der Waals surface area contributed by atoms with Crippen LogP contribution in [0, 0.1) is 19.7 Å². The predicted octanol–water partition coefficient (Wildman–Crippen LogP) is 0.866. The number of pyridine rings is 1. The molecule has 1 saturated heterocycles. The second-order valence-corrected chi connectivity index (χ2v) is 5.09. The molecule has 0 amide bonds. The summed E-state index contributed by atoms with van der Waals surface area (Å²) in [5, 5.41) is 16.8. The molecule has 3 heterocycles. The van der Waals surface area contributed by atoms with Crippen molar-refractivity contribution in [2.45, 2.75) is 26.6 Å². The van der Waals surface area contributed by atoms with E-state index in [0.717, 1.165) is 23.1 Å². The van der Waals surface area contributed by atoms with Gasteiger partial charge in [-0.25, -0.2) is 14.1 Å². The molecular weight excluding hydrogens is 275 g/mol. The second-order valence-electron chi connectivity index (χ2n) is 5.09. The molecule has 21 heavy (non-hydrogen) atoms. The number of nitrogens with one attached hydrogen (secondary N) is 1. The zero-order valence-electron chi connectivity index (χ0n) is 11.9. The lowest BCUT2D eigenvalue weighted by Crippen LogP contribution is -2.50. The SMILES string of the molecule is Cc1nn(-c2cc(OC3CNC3)c(F)cn2)c(C)c1CO. The number of aliphatic hydroxyl groups excluding tert-OH is 1. The van der Waals surface area contributed by atoms with Gasteiger partial charge in [0.05, 0.1) is 18.5 Å². The third-order valence-corrected chi connectivity index (χ3v) is 3.66. The molecule has 2 N–H and O–H groups in total. The van der Waals surface area contributed by atoms with E-state index in [4.69, 9.17) is 4.74 Å². The number of aliphatic hydroxyl groups is 1. The highest BCUT2D eigenvalue weighted by molar-refractivity contribution is 5.37. The highest BCUT2D eigenvalue weighted by atomic mass is 19.1. The van der Waals surface area contributed by atoms with E-state index in [2.05, 4.69) is 15.4 Å². The fraction of sp³-hybridized carbons (Fsp3) is 0.429. The van der Waals surface area contributed by atoms with E-state index in [1.165, 1.54) is 6.07 Å². The van der Waals surface area contributed by atoms with Gasteiger partial charge >= 0.3 is 0 Å². The van der Waals surface area contributed by atoms with Gasteiger partial charge < -0.3 is 15.2 Å². The molecule has 1 aliphatic heterocycles. The molecule has 0 aromatic carbocycles. The highest BCUT2D eigenvalue weighted by Gasteiger charge is 2.21. The number of nitrogens with zero attached hydrogens (tertiary/aromatic N) is 3. The van der Waals surface area contributed by atoms with Crippen molar-refractivity contribution in [2.24, 2.45) is 0 Å². The van der Waals surface area contributed by atoms with E-state index in [9.17, 15) is 9.50 Å². The molecule has 0 unspecified atom stereocenters. The molecule has 0 radical (unpaired) electrons. The third kappa shape index (κ3) is 2.50. The van der Waals surface area contributed by atoms with Crippen molar-refractivity contribution in [2.75, 3.05) is 13.1 Å². The zero-order chi connectivity index (χ0) is 15.0. The van der Waals surface area contributed by atoms with Crippen LogP contribution in [0.3, 0.4) is 0 Å². The molecule has 112 valence electrons. The first-order chi connectivity index (χ1) is 10.1. The van der Waals surface area contributed by atoms with E-state index < -0.39 is 5.82 Å². The number of aromatic nitrogens is 3. The van der Waals surface area contributed by atoms with Gasteiger partial charge in [0.15, 0.2) is 17.4 Å². The monoisotopic (exact) mass is 292 g/mol. The number of halogens is 1. The summed E-state index contributed by atoms with van der Waals surface area (Å²) in [6.45, 7) is 5.00. The van der Waals surface area contributed by atoms with Crippen molar-refractivity contribution in [3.63, 3.8) is 0 Å². The summed E-state index contributed by atoms with van der Waals surface area (Å²) in [4.78, 5) is 4.06. The van der Waals surface area contributed by atoms with Gasteiger partial charge in [0, 0.05) is 30.4 Å². The Balaban J connectivity index is 1.96. The summed E-state index contributed by atoms with van der Waals surface area (Å²) in [5.74, 6) is 0.151. The average molecular weight is 292 g/mol. The van der Waals surface area contributed by atoms with Crippen LogP contribution in [0.1, 0.15) is 17.0 Å². The Morgan fingerprint density at radius 2 is 2.24 bits per heavy atom. The largest absolute Gasteiger partial charge is 0.484 e. The molecule has 3 rings (SSSR count). The van der Waals surface area contributed by atoms with Crippen molar-refractivity contribution >= 4 is 0 Å². The van der Waals surface area contributed by atoms with Crippen molar-refractivity contribution in [1.29, 1.82) is 0 Å². The van der Waals surface area contributed by atoms with Crippen LogP contribution in [0.2, 0.25) is 0 Å². The second kappa shape index (κ2) is 5.42. The summed E-state index contributed by atoms with van der Waals surface area (Å²) in [7, 11) is 0. The molecular formula is C14H17FN4O2. The van der Waals surface area contributed by atoms with Gasteiger partial charge in [-0.2, -0.15) is 5.10 Å². The summed E-state index contributed by atoms with van der Waals surface area (Å²) < 4.78 is 20.9. The molecule has 6 nitrogen and oxygen atoms in total. The van der Waals surface area contributed by atoms with Gasteiger partial charge in [0.1, 0.15) is 6.10 Å². The molecule has 0 spiro atoms. The lowest BCUT2D eigenvalue weighted by Gasteiger charge is -2.27. The Bertz CT molecular complexity index is 667. The van der Waals surface area contributed by atoms with Gasteiger partial charge in [-0.1, -0.05) is 0 Å². The molecule has 2 aromatic rings. The number of ether oxygens (including phenoxy) is 1. The van der Waals surface area contributed by atoms with Crippen LogP contribution in [-0.2, 0) is 6.61 Å². The van der Waals surface area contributed by atoms with Gasteiger partial charge in [0.2, 0.25) is 0 Å². The maximum absolute atomic E-state index is 13.8. The van der Waals surface area contributed by atoms with Gasteiger partial charge in [-0.15, -0.1) is 0 Å². The van der Waals surface area contributed by atoms with Crippen LogP contribution in [-0.4, -0.2) is 39.1 Å². The minimum atomic E-state index is -0.491. The average Bonchev–Trinajstić information content (AvgIpc) is 2.70. The molecule has 1 aliphatic rings.